The summed E-state index contributed by atoms with van der Waals surface area (Å²) in [5, 5.41) is 2.69. The fourth-order valence-electron chi connectivity index (χ4n) is 1.55. The van der Waals surface area contributed by atoms with E-state index in [-0.39, 0.29) is 12.5 Å². The Morgan fingerprint density at radius 1 is 1.33 bits per heavy atom. The quantitative estimate of drug-likeness (QED) is 0.846. The molecule has 1 rings (SSSR count). The van der Waals surface area contributed by atoms with E-state index in [1.165, 1.54) is 6.07 Å². The highest BCUT2D eigenvalue weighted by Gasteiger charge is 2.26. The van der Waals surface area contributed by atoms with E-state index in [1.54, 1.807) is 13.8 Å². The Bertz CT molecular complexity index is 433. The van der Waals surface area contributed by atoms with E-state index in [2.05, 4.69) is 5.32 Å². The summed E-state index contributed by atoms with van der Waals surface area (Å²) in [4.78, 5) is 11.8. The van der Waals surface area contributed by atoms with Crippen LogP contribution in [0.3, 0.4) is 0 Å². The molecule has 1 aromatic rings. The minimum Gasteiger partial charge on any atom is -0.352 e. The molecule has 0 heterocycles. The molecule has 1 aromatic carbocycles. The first kappa shape index (κ1) is 14.6. The molecule has 0 aromatic heterocycles. The van der Waals surface area contributed by atoms with E-state index in [4.69, 9.17) is 5.73 Å². The van der Waals surface area contributed by atoms with Gasteiger partial charge >= 0.3 is 0 Å². The fourth-order valence-corrected chi connectivity index (χ4v) is 1.55. The second-order valence-electron chi connectivity index (χ2n) is 4.85. The summed E-state index contributed by atoms with van der Waals surface area (Å²) in [5.74, 6) is -1.96. The Balaban J connectivity index is 2.60. The molecule has 0 bridgehead atoms. The van der Waals surface area contributed by atoms with Crippen molar-refractivity contribution < 1.29 is 13.6 Å². The lowest BCUT2D eigenvalue weighted by Gasteiger charge is -2.22. The lowest BCUT2D eigenvalue weighted by atomic mass is 9.88. The van der Waals surface area contributed by atoms with E-state index in [0.717, 1.165) is 12.1 Å². The van der Waals surface area contributed by atoms with Gasteiger partial charge in [0.15, 0.2) is 11.6 Å². The van der Waals surface area contributed by atoms with E-state index in [0.29, 0.717) is 18.5 Å². The van der Waals surface area contributed by atoms with Gasteiger partial charge in [-0.1, -0.05) is 19.9 Å². The lowest BCUT2D eigenvalue weighted by Crippen LogP contribution is -2.37. The molecule has 18 heavy (non-hydrogen) atoms. The number of halogens is 2. The van der Waals surface area contributed by atoms with Crippen molar-refractivity contribution in [3.63, 3.8) is 0 Å². The van der Waals surface area contributed by atoms with Crippen LogP contribution in [0, 0.1) is 17.0 Å². The molecule has 0 unspecified atom stereocenters. The summed E-state index contributed by atoms with van der Waals surface area (Å²) in [6, 6.07) is 3.56. The van der Waals surface area contributed by atoms with Crippen molar-refractivity contribution in [2.75, 3.05) is 6.54 Å². The molecule has 5 heteroatoms. The van der Waals surface area contributed by atoms with Crippen LogP contribution < -0.4 is 11.1 Å². The highest BCUT2D eigenvalue weighted by atomic mass is 19.2. The molecule has 0 radical (unpaired) electrons. The van der Waals surface area contributed by atoms with Crippen LogP contribution in [0.5, 0.6) is 0 Å². The molecule has 100 valence electrons. The van der Waals surface area contributed by atoms with E-state index < -0.39 is 17.0 Å². The number of amides is 1. The smallest absolute Gasteiger partial charge is 0.225 e. The largest absolute Gasteiger partial charge is 0.352 e. The van der Waals surface area contributed by atoms with Crippen LogP contribution in [0.25, 0.3) is 0 Å². The topological polar surface area (TPSA) is 55.1 Å². The van der Waals surface area contributed by atoms with E-state index >= 15 is 0 Å². The predicted molar refractivity (Wildman–Crippen MR) is 65.7 cm³/mol. The van der Waals surface area contributed by atoms with Crippen LogP contribution in [-0.2, 0) is 11.3 Å². The second-order valence-corrected chi connectivity index (χ2v) is 4.85. The number of carbonyl (C=O) groups excluding carboxylic acids is 1. The van der Waals surface area contributed by atoms with Crippen molar-refractivity contribution in [1.82, 2.24) is 5.32 Å². The van der Waals surface area contributed by atoms with Crippen LogP contribution in [0.1, 0.15) is 25.8 Å². The highest BCUT2D eigenvalue weighted by molar-refractivity contribution is 5.81. The molecular formula is C13H18F2N2O. The van der Waals surface area contributed by atoms with Crippen molar-refractivity contribution in [2.45, 2.75) is 26.8 Å². The standard InChI is InChI=1S/C13H18F2N2O/c1-13(2,5-6-16)12(18)17-8-9-3-4-10(14)11(15)7-9/h3-4,7H,5-6,8,16H2,1-2H3,(H,17,18). The van der Waals surface area contributed by atoms with Crippen LogP contribution in [-0.4, -0.2) is 12.5 Å². The first-order valence-corrected chi connectivity index (χ1v) is 5.79. The van der Waals surface area contributed by atoms with Crippen LogP contribution in [0.4, 0.5) is 8.78 Å². The lowest BCUT2D eigenvalue weighted by molar-refractivity contribution is -0.129. The van der Waals surface area contributed by atoms with E-state index in [1.807, 2.05) is 0 Å². The highest BCUT2D eigenvalue weighted by Crippen LogP contribution is 2.19. The minimum atomic E-state index is -0.914. The van der Waals surface area contributed by atoms with Gasteiger partial charge in [0.2, 0.25) is 5.91 Å². The summed E-state index contributed by atoms with van der Waals surface area (Å²) in [5.41, 5.74) is 5.38. The summed E-state index contributed by atoms with van der Waals surface area (Å²) in [6.07, 6.45) is 0.566. The second kappa shape index (κ2) is 5.91. The molecule has 0 aliphatic heterocycles. The third-order valence-electron chi connectivity index (χ3n) is 2.82. The minimum absolute atomic E-state index is 0.155. The Morgan fingerprint density at radius 3 is 2.56 bits per heavy atom. The molecule has 0 aliphatic carbocycles. The number of hydrogen-bond donors (Lipinski definition) is 2. The summed E-state index contributed by atoms with van der Waals surface area (Å²) in [6.45, 7) is 4.18. The van der Waals surface area contributed by atoms with Crippen molar-refractivity contribution in [3.8, 4) is 0 Å². The zero-order chi connectivity index (χ0) is 13.8. The molecular weight excluding hydrogens is 238 g/mol. The van der Waals surface area contributed by atoms with Gasteiger partial charge in [-0.25, -0.2) is 8.78 Å². The van der Waals surface area contributed by atoms with Crippen LogP contribution >= 0.6 is 0 Å². The Kier molecular flexibility index (Phi) is 4.78. The molecule has 0 saturated heterocycles. The number of benzene rings is 1. The number of hydrogen-bond acceptors (Lipinski definition) is 2. The van der Waals surface area contributed by atoms with Gasteiger partial charge in [0.05, 0.1) is 0 Å². The van der Waals surface area contributed by atoms with Crippen LogP contribution in [0.15, 0.2) is 18.2 Å². The third-order valence-corrected chi connectivity index (χ3v) is 2.82. The van der Waals surface area contributed by atoms with Gasteiger partial charge in [0.25, 0.3) is 0 Å². The van der Waals surface area contributed by atoms with Crippen molar-refractivity contribution in [2.24, 2.45) is 11.1 Å². The average molecular weight is 256 g/mol. The van der Waals surface area contributed by atoms with Crippen molar-refractivity contribution >= 4 is 5.91 Å². The molecule has 0 fully saturated rings. The maximum atomic E-state index is 13.0. The SMILES string of the molecule is CC(C)(CCN)C(=O)NCc1ccc(F)c(F)c1. The van der Waals surface area contributed by atoms with Gasteiger partial charge in [-0.05, 0) is 30.7 Å². The first-order chi connectivity index (χ1) is 8.36. The maximum absolute atomic E-state index is 13.0. The normalized spacial score (nSPS) is 11.4. The molecule has 3 nitrogen and oxygen atoms in total. The Labute approximate surface area is 105 Å². The van der Waals surface area contributed by atoms with Gasteiger partial charge < -0.3 is 11.1 Å². The van der Waals surface area contributed by atoms with Gasteiger partial charge in [-0.3, -0.25) is 4.79 Å². The first-order valence-electron chi connectivity index (χ1n) is 5.79. The molecule has 3 N–H and O–H groups in total. The van der Waals surface area contributed by atoms with Gasteiger partial charge in [0.1, 0.15) is 0 Å². The maximum Gasteiger partial charge on any atom is 0.225 e. The summed E-state index contributed by atoms with van der Waals surface area (Å²) < 4.78 is 25.7. The van der Waals surface area contributed by atoms with Crippen molar-refractivity contribution in [1.29, 1.82) is 0 Å². The molecule has 0 aliphatic rings. The number of rotatable bonds is 5. The fraction of sp³-hybridized carbons (Fsp3) is 0.462. The van der Waals surface area contributed by atoms with Gasteiger partial charge in [0, 0.05) is 12.0 Å². The summed E-state index contributed by atoms with van der Waals surface area (Å²) in [7, 11) is 0. The molecule has 0 spiro atoms. The zero-order valence-electron chi connectivity index (χ0n) is 10.6. The third kappa shape index (κ3) is 3.77. The predicted octanol–water partition coefficient (Wildman–Crippen LogP) is 1.96. The van der Waals surface area contributed by atoms with Gasteiger partial charge in [-0.2, -0.15) is 0 Å². The Morgan fingerprint density at radius 2 is 2.00 bits per heavy atom. The van der Waals surface area contributed by atoms with Crippen LogP contribution in [0.2, 0.25) is 0 Å². The van der Waals surface area contributed by atoms with Gasteiger partial charge in [-0.15, -0.1) is 0 Å². The zero-order valence-corrected chi connectivity index (χ0v) is 10.6. The molecule has 0 saturated carbocycles. The molecule has 1 amide bonds. The average Bonchev–Trinajstić information content (AvgIpc) is 2.30. The number of nitrogens with two attached hydrogens (primary N) is 1. The van der Waals surface area contributed by atoms with Crippen molar-refractivity contribution in [3.05, 3.63) is 35.4 Å². The molecule has 0 atom stereocenters. The monoisotopic (exact) mass is 256 g/mol. The number of nitrogens with one attached hydrogen (secondary N) is 1. The Hall–Kier alpha value is -1.49. The summed E-state index contributed by atoms with van der Waals surface area (Å²) >= 11 is 0. The van der Waals surface area contributed by atoms with E-state index in [9.17, 15) is 13.6 Å². The number of carbonyl (C=O) groups is 1.